The van der Waals surface area contributed by atoms with E-state index >= 15 is 0 Å². The second kappa shape index (κ2) is 9.49. The van der Waals surface area contributed by atoms with Gasteiger partial charge >= 0.3 is 0 Å². The molecule has 0 amide bonds. The van der Waals surface area contributed by atoms with Crippen molar-refractivity contribution in [3.63, 3.8) is 0 Å². The third-order valence-electron chi connectivity index (χ3n) is 5.47. The number of hydrogen-bond acceptors (Lipinski definition) is 2. The lowest BCUT2D eigenvalue weighted by atomic mass is 9.96. The van der Waals surface area contributed by atoms with E-state index in [4.69, 9.17) is 23.2 Å². The molecule has 1 atom stereocenters. The summed E-state index contributed by atoms with van der Waals surface area (Å²) in [4.78, 5) is 12.7. The summed E-state index contributed by atoms with van der Waals surface area (Å²) in [5, 5.41) is 2.06. The number of benzene rings is 3. The Balaban J connectivity index is 2.01. The van der Waals surface area contributed by atoms with Crippen LogP contribution < -0.4 is 5.56 Å². The molecule has 0 aliphatic carbocycles. The van der Waals surface area contributed by atoms with Crippen LogP contribution in [0.25, 0.3) is 22.0 Å². The standard InChI is InChI=1S/C27H24Cl2N2O2S/c1-27(2,3)34(33)30-26(17-8-11-20(28)12-9-17)19-10-13-24-23(15-19)22(16-25(32)31(24)4)18-6-5-7-21(29)14-18/h5-16H,1-4H3/b30-26+. The van der Waals surface area contributed by atoms with Gasteiger partial charge in [0.15, 0.2) is 0 Å². The zero-order valence-corrected chi connectivity index (χ0v) is 21.6. The van der Waals surface area contributed by atoms with Crippen molar-refractivity contribution in [3.05, 3.63) is 104 Å². The van der Waals surface area contributed by atoms with Gasteiger partial charge in [0.05, 0.1) is 16.0 Å². The van der Waals surface area contributed by atoms with E-state index in [9.17, 15) is 9.00 Å². The lowest BCUT2D eigenvalue weighted by Crippen LogP contribution is -2.21. The highest BCUT2D eigenvalue weighted by molar-refractivity contribution is 7.85. The predicted molar refractivity (Wildman–Crippen MR) is 145 cm³/mol. The minimum Gasteiger partial charge on any atom is -0.311 e. The third kappa shape index (κ3) is 5.02. The van der Waals surface area contributed by atoms with Gasteiger partial charge in [-0.15, -0.1) is 0 Å². The van der Waals surface area contributed by atoms with Crippen molar-refractivity contribution in [3.8, 4) is 11.1 Å². The number of halogens is 2. The van der Waals surface area contributed by atoms with Gasteiger partial charge in [0.25, 0.3) is 5.56 Å². The first kappa shape index (κ1) is 24.4. The maximum Gasteiger partial charge on any atom is 0.251 e. The molecule has 0 aliphatic heterocycles. The lowest BCUT2D eigenvalue weighted by Gasteiger charge is -2.17. The van der Waals surface area contributed by atoms with Gasteiger partial charge in [0.1, 0.15) is 11.0 Å². The Labute approximate surface area is 211 Å². The molecule has 0 bridgehead atoms. The summed E-state index contributed by atoms with van der Waals surface area (Å²) in [6, 6.07) is 22.1. The Hall–Kier alpha value is -2.73. The van der Waals surface area contributed by atoms with E-state index in [0.717, 1.165) is 33.2 Å². The van der Waals surface area contributed by atoms with Crippen molar-refractivity contribution >= 4 is 50.8 Å². The number of pyridine rings is 1. The third-order valence-corrected chi connectivity index (χ3v) is 7.35. The molecule has 1 heterocycles. The fourth-order valence-electron chi connectivity index (χ4n) is 3.60. The van der Waals surface area contributed by atoms with E-state index in [1.807, 2.05) is 69.3 Å². The van der Waals surface area contributed by atoms with E-state index in [0.29, 0.717) is 15.8 Å². The molecule has 0 spiro atoms. The molecule has 4 rings (SSSR count). The zero-order valence-electron chi connectivity index (χ0n) is 19.3. The maximum atomic E-state index is 13.0. The van der Waals surface area contributed by atoms with Gasteiger partial charge in [0.2, 0.25) is 0 Å². The summed E-state index contributed by atoms with van der Waals surface area (Å²) in [6.07, 6.45) is 0. The van der Waals surface area contributed by atoms with Gasteiger partial charge in [-0.25, -0.2) is 4.21 Å². The van der Waals surface area contributed by atoms with Gasteiger partial charge in [-0.3, -0.25) is 4.79 Å². The van der Waals surface area contributed by atoms with Crippen LogP contribution in [0.5, 0.6) is 0 Å². The molecule has 4 aromatic rings. The second-order valence-electron chi connectivity index (χ2n) is 9.01. The van der Waals surface area contributed by atoms with Gasteiger partial charge in [-0.1, -0.05) is 53.5 Å². The Bertz CT molecular complexity index is 1500. The van der Waals surface area contributed by atoms with Crippen LogP contribution in [0.15, 0.2) is 82.0 Å². The molecule has 0 saturated heterocycles. The molecule has 0 aliphatic rings. The first-order valence-electron chi connectivity index (χ1n) is 10.7. The van der Waals surface area contributed by atoms with Crippen LogP contribution in [-0.4, -0.2) is 19.2 Å². The van der Waals surface area contributed by atoms with E-state index in [2.05, 4.69) is 4.40 Å². The summed E-state index contributed by atoms with van der Waals surface area (Å²) >= 11 is 12.4. The maximum absolute atomic E-state index is 13.0. The molecule has 0 N–H and O–H groups in total. The SMILES string of the molecule is Cn1c(=O)cc(-c2cccc(Cl)c2)c2cc(/C(=N/S(=O)C(C)(C)C)c3ccc(Cl)cc3)ccc21. The number of nitrogens with zero attached hydrogens (tertiary/aromatic N) is 2. The largest absolute Gasteiger partial charge is 0.311 e. The van der Waals surface area contributed by atoms with Crippen LogP contribution in [0, 0.1) is 0 Å². The second-order valence-corrected chi connectivity index (χ2v) is 11.8. The van der Waals surface area contributed by atoms with E-state index in [1.165, 1.54) is 0 Å². The molecular formula is C27H24Cl2N2O2S. The molecule has 1 unspecified atom stereocenters. The normalized spacial score (nSPS) is 13.3. The summed E-state index contributed by atoms with van der Waals surface area (Å²) in [5.41, 5.74) is 4.46. The van der Waals surface area contributed by atoms with E-state index < -0.39 is 15.7 Å². The van der Waals surface area contributed by atoms with E-state index in [1.54, 1.807) is 35.9 Å². The fourth-order valence-corrected chi connectivity index (χ4v) is 4.57. The fraction of sp³-hybridized carbons (Fsp3) is 0.185. The number of aromatic nitrogens is 1. The average molecular weight is 511 g/mol. The van der Waals surface area contributed by atoms with Crippen molar-refractivity contribution in [1.82, 2.24) is 4.57 Å². The molecule has 1 aromatic heterocycles. The molecule has 3 aromatic carbocycles. The molecule has 34 heavy (non-hydrogen) atoms. The van der Waals surface area contributed by atoms with Crippen LogP contribution in [0.2, 0.25) is 10.0 Å². The quantitative estimate of drug-likeness (QED) is 0.283. The van der Waals surface area contributed by atoms with Crippen LogP contribution in [0.1, 0.15) is 31.9 Å². The van der Waals surface area contributed by atoms with Crippen LogP contribution >= 0.6 is 23.2 Å². The predicted octanol–water partition coefficient (Wildman–Crippen LogP) is 6.81. The Morgan fingerprint density at radius 2 is 1.56 bits per heavy atom. The van der Waals surface area contributed by atoms with Crippen LogP contribution in [0.3, 0.4) is 0 Å². The Kier molecular flexibility index (Phi) is 6.81. The monoisotopic (exact) mass is 510 g/mol. The molecule has 7 heteroatoms. The summed E-state index contributed by atoms with van der Waals surface area (Å²) in [7, 11) is 0.267. The molecule has 0 radical (unpaired) electrons. The highest BCUT2D eigenvalue weighted by Gasteiger charge is 2.21. The van der Waals surface area contributed by atoms with Crippen LogP contribution in [-0.2, 0) is 18.0 Å². The molecular weight excluding hydrogens is 487 g/mol. The van der Waals surface area contributed by atoms with Crippen molar-refractivity contribution in [2.45, 2.75) is 25.5 Å². The minimum atomic E-state index is -1.48. The summed E-state index contributed by atoms with van der Waals surface area (Å²) in [5.74, 6) is 0. The average Bonchev–Trinajstić information content (AvgIpc) is 2.79. The highest BCUT2D eigenvalue weighted by Crippen LogP contribution is 2.30. The first-order valence-corrected chi connectivity index (χ1v) is 12.6. The van der Waals surface area contributed by atoms with Crippen molar-refractivity contribution in [1.29, 1.82) is 0 Å². The molecule has 0 saturated carbocycles. The first-order chi connectivity index (χ1) is 16.0. The topological polar surface area (TPSA) is 51.4 Å². The van der Waals surface area contributed by atoms with Crippen molar-refractivity contribution < 1.29 is 4.21 Å². The van der Waals surface area contributed by atoms with Gasteiger partial charge in [0, 0.05) is 39.7 Å². The van der Waals surface area contributed by atoms with Crippen molar-refractivity contribution in [2.24, 2.45) is 11.4 Å². The molecule has 4 nitrogen and oxygen atoms in total. The van der Waals surface area contributed by atoms with Gasteiger partial charge in [-0.2, -0.15) is 4.40 Å². The Morgan fingerprint density at radius 1 is 0.882 bits per heavy atom. The number of fused-ring (bicyclic) bond motifs is 1. The molecule has 0 fully saturated rings. The minimum absolute atomic E-state index is 0.115. The summed E-state index contributed by atoms with van der Waals surface area (Å²) < 4.78 is 18.7. The lowest BCUT2D eigenvalue weighted by molar-refractivity contribution is 0.650. The smallest absolute Gasteiger partial charge is 0.251 e. The highest BCUT2D eigenvalue weighted by atomic mass is 35.5. The zero-order chi connectivity index (χ0) is 24.6. The van der Waals surface area contributed by atoms with Crippen LogP contribution in [0.4, 0.5) is 0 Å². The Morgan fingerprint density at radius 3 is 2.21 bits per heavy atom. The van der Waals surface area contributed by atoms with Gasteiger partial charge < -0.3 is 4.57 Å². The summed E-state index contributed by atoms with van der Waals surface area (Å²) in [6.45, 7) is 5.67. The van der Waals surface area contributed by atoms with Gasteiger partial charge in [-0.05, 0) is 68.3 Å². The number of hydrogen-bond donors (Lipinski definition) is 0. The number of rotatable bonds is 4. The molecule has 174 valence electrons. The van der Waals surface area contributed by atoms with Crippen molar-refractivity contribution in [2.75, 3.05) is 0 Å². The van der Waals surface area contributed by atoms with E-state index in [-0.39, 0.29) is 5.56 Å². The number of aryl methyl sites for hydroxylation is 1.